The molecule has 0 spiro atoms. The van der Waals surface area contributed by atoms with Crippen LogP contribution in [-0.4, -0.2) is 18.4 Å². The number of hydrogen-bond donors (Lipinski definition) is 1. The predicted octanol–water partition coefficient (Wildman–Crippen LogP) is 0.718. The second kappa shape index (κ2) is 2.06. The maximum absolute atomic E-state index is 10.7. The van der Waals surface area contributed by atoms with Crippen LogP contribution < -0.4 is 5.32 Å². The van der Waals surface area contributed by atoms with Gasteiger partial charge in [-0.25, -0.2) is 0 Å². The van der Waals surface area contributed by atoms with Crippen LogP contribution in [-0.2, 0) is 4.79 Å². The fraction of sp³-hybridized carbons (Fsp3) is 0.875. The molecular weight excluding hydrogens is 126 g/mol. The van der Waals surface area contributed by atoms with Gasteiger partial charge in [0.2, 0.25) is 0 Å². The minimum Gasteiger partial charge on any atom is -0.305 e. The monoisotopic (exact) mass is 139 g/mol. The van der Waals surface area contributed by atoms with E-state index in [4.69, 9.17) is 0 Å². The Hall–Kier alpha value is -0.370. The first-order valence-electron chi connectivity index (χ1n) is 4.09. The second-order valence-electron chi connectivity index (χ2n) is 3.46. The first-order chi connectivity index (χ1) is 4.87. The Balaban J connectivity index is 2.23. The standard InChI is InChI=1S/C8H13NO/c10-6-8-4-1-2-7(8)3-5-9-8/h6-7,9H,1-5H2. The van der Waals surface area contributed by atoms with Gasteiger partial charge in [0, 0.05) is 0 Å². The molecule has 2 fully saturated rings. The van der Waals surface area contributed by atoms with E-state index in [0.717, 1.165) is 19.3 Å². The van der Waals surface area contributed by atoms with Crippen molar-refractivity contribution >= 4 is 6.29 Å². The van der Waals surface area contributed by atoms with Gasteiger partial charge in [-0.2, -0.15) is 0 Å². The van der Waals surface area contributed by atoms with E-state index in [-0.39, 0.29) is 5.54 Å². The van der Waals surface area contributed by atoms with Crippen LogP contribution in [0.3, 0.4) is 0 Å². The van der Waals surface area contributed by atoms with Crippen molar-refractivity contribution in [2.75, 3.05) is 6.54 Å². The molecule has 1 saturated carbocycles. The molecule has 2 aliphatic rings. The van der Waals surface area contributed by atoms with Gasteiger partial charge in [0.15, 0.2) is 0 Å². The minimum atomic E-state index is -0.0833. The lowest BCUT2D eigenvalue weighted by Crippen LogP contribution is -2.42. The summed E-state index contributed by atoms with van der Waals surface area (Å²) in [6.07, 6.45) is 5.90. The minimum absolute atomic E-state index is 0.0833. The van der Waals surface area contributed by atoms with E-state index >= 15 is 0 Å². The second-order valence-corrected chi connectivity index (χ2v) is 3.46. The Kier molecular flexibility index (Phi) is 1.31. The van der Waals surface area contributed by atoms with Gasteiger partial charge >= 0.3 is 0 Å². The van der Waals surface area contributed by atoms with Crippen molar-refractivity contribution in [2.24, 2.45) is 5.92 Å². The van der Waals surface area contributed by atoms with Gasteiger partial charge in [-0.3, -0.25) is 0 Å². The molecule has 2 atom stereocenters. The molecule has 10 heavy (non-hydrogen) atoms. The average Bonchev–Trinajstić information content (AvgIpc) is 2.42. The average molecular weight is 139 g/mol. The molecule has 56 valence electrons. The van der Waals surface area contributed by atoms with Gasteiger partial charge in [0.05, 0.1) is 5.54 Å². The largest absolute Gasteiger partial charge is 0.305 e. The highest BCUT2D eigenvalue weighted by molar-refractivity contribution is 5.66. The van der Waals surface area contributed by atoms with Crippen LogP contribution in [0, 0.1) is 5.92 Å². The third-order valence-corrected chi connectivity index (χ3v) is 3.03. The molecule has 1 N–H and O–H groups in total. The summed E-state index contributed by atoms with van der Waals surface area (Å²) in [5, 5.41) is 3.31. The molecule has 0 bridgehead atoms. The molecule has 1 aliphatic heterocycles. The van der Waals surface area contributed by atoms with Crippen molar-refractivity contribution < 1.29 is 4.79 Å². The molecule has 0 radical (unpaired) electrons. The van der Waals surface area contributed by atoms with E-state index in [2.05, 4.69) is 5.32 Å². The molecule has 2 heteroatoms. The van der Waals surface area contributed by atoms with Crippen molar-refractivity contribution in [3.63, 3.8) is 0 Å². The third-order valence-electron chi connectivity index (χ3n) is 3.03. The molecule has 0 amide bonds. The van der Waals surface area contributed by atoms with E-state index in [1.54, 1.807) is 0 Å². The molecule has 0 aromatic carbocycles. The molecule has 0 aromatic heterocycles. The SMILES string of the molecule is O=CC12CCCC1CCN2. The van der Waals surface area contributed by atoms with Crippen molar-refractivity contribution in [3.05, 3.63) is 0 Å². The van der Waals surface area contributed by atoms with Crippen molar-refractivity contribution in [1.29, 1.82) is 0 Å². The number of hydrogen-bond acceptors (Lipinski definition) is 2. The molecule has 1 aliphatic carbocycles. The summed E-state index contributed by atoms with van der Waals surface area (Å²) in [7, 11) is 0. The van der Waals surface area contributed by atoms with Gasteiger partial charge in [-0.15, -0.1) is 0 Å². The topological polar surface area (TPSA) is 29.1 Å². The lowest BCUT2D eigenvalue weighted by atomic mass is 9.91. The normalized spacial score (nSPS) is 45.4. The summed E-state index contributed by atoms with van der Waals surface area (Å²) < 4.78 is 0. The van der Waals surface area contributed by atoms with E-state index in [1.807, 2.05) is 0 Å². The van der Waals surface area contributed by atoms with Crippen LogP contribution in [0.1, 0.15) is 25.7 Å². The Morgan fingerprint density at radius 1 is 1.50 bits per heavy atom. The highest BCUT2D eigenvalue weighted by Crippen LogP contribution is 2.39. The number of aldehydes is 1. The van der Waals surface area contributed by atoms with Crippen LogP contribution in [0.2, 0.25) is 0 Å². The van der Waals surface area contributed by atoms with Gasteiger partial charge in [0.25, 0.3) is 0 Å². The molecule has 2 nitrogen and oxygen atoms in total. The number of fused-ring (bicyclic) bond motifs is 1. The van der Waals surface area contributed by atoms with Crippen molar-refractivity contribution in [3.8, 4) is 0 Å². The van der Waals surface area contributed by atoms with Gasteiger partial charge in [-0.05, 0) is 31.7 Å². The third kappa shape index (κ3) is 0.655. The number of carbonyl (C=O) groups is 1. The first-order valence-corrected chi connectivity index (χ1v) is 4.09. The van der Waals surface area contributed by atoms with E-state index in [9.17, 15) is 4.79 Å². The summed E-state index contributed by atoms with van der Waals surface area (Å²) in [5.41, 5.74) is -0.0833. The van der Waals surface area contributed by atoms with E-state index < -0.39 is 0 Å². The lowest BCUT2D eigenvalue weighted by Gasteiger charge is -2.21. The van der Waals surface area contributed by atoms with Crippen LogP contribution >= 0.6 is 0 Å². The number of carbonyl (C=O) groups excluding carboxylic acids is 1. The zero-order valence-corrected chi connectivity index (χ0v) is 6.10. The molecule has 0 aromatic rings. The summed E-state index contributed by atoms with van der Waals surface area (Å²) in [4.78, 5) is 10.7. The Morgan fingerprint density at radius 2 is 2.40 bits per heavy atom. The molecular formula is C8H13NO. The van der Waals surface area contributed by atoms with Crippen LogP contribution in [0.25, 0.3) is 0 Å². The van der Waals surface area contributed by atoms with Gasteiger partial charge in [-0.1, -0.05) is 6.42 Å². The van der Waals surface area contributed by atoms with Crippen LogP contribution in [0.15, 0.2) is 0 Å². The molecule has 1 heterocycles. The molecule has 2 unspecified atom stereocenters. The van der Waals surface area contributed by atoms with Crippen molar-refractivity contribution in [2.45, 2.75) is 31.2 Å². The van der Waals surface area contributed by atoms with Crippen LogP contribution in [0.5, 0.6) is 0 Å². The van der Waals surface area contributed by atoms with Crippen molar-refractivity contribution in [1.82, 2.24) is 5.32 Å². The summed E-state index contributed by atoms with van der Waals surface area (Å²) in [6.45, 7) is 1.05. The smallest absolute Gasteiger partial charge is 0.140 e. The van der Waals surface area contributed by atoms with Gasteiger partial charge in [0.1, 0.15) is 6.29 Å². The number of nitrogens with one attached hydrogen (secondary N) is 1. The molecule has 2 rings (SSSR count). The summed E-state index contributed by atoms with van der Waals surface area (Å²) in [5.74, 6) is 0.657. The Bertz CT molecular complexity index is 145. The lowest BCUT2D eigenvalue weighted by molar-refractivity contribution is -0.113. The fourth-order valence-corrected chi connectivity index (χ4v) is 2.41. The maximum Gasteiger partial charge on any atom is 0.140 e. The van der Waals surface area contributed by atoms with Crippen LogP contribution in [0.4, 0.5) is 0 Å². The Labute approximate surface area is 61.0 Å². The Morgan fingerprint density at radius 3 is 3.10 bits per heavy atom. The summed E-state index contributed by atoms with van der Waals surface area (Å²) >= 11 is 0. The first kappa shape index (κ1) is 6.35. The molecule has 1 saturated heterocycles. The maximum atomic E-state index is 10.7. The zero-order chi connectivity index (χ0) is 7.03. The van der Waals surface area contributed by atoms with E-state index in [0.29, 0.717) is 5.92 Å². The highest BCUT2D eigenvalue weighted by atomic mass is 16.1. The quantitative estimate of drug-likeness (QED) is 0.542. The number of rotatable bonds is 1. The van der Waals surface area contributed by atoms with E-state index in [1.165, 1.54) is 19.3 Å². The fourth-order valence-electron chi connectivity index (χ4n) is 2.41. The zero-order valence-electron chi connectivity index (χ0n) is 6.10. The van der Waals surface area contributed by atoms with Gasteiger partial charge < -0.3 is 10.1 Å². The summed E-state index contributed by atoms with van der Waals surface area (Å²) in [6, 6.07) is 0. The highest BCUT2D eigenvalue weighted by Gasteiger charge is 2.45. The predicted molar refractivity (Wildman–Crippen MR) is 38.8 cm³/mol.